The number of hydrogen-bond donors (Lipinski definition) is 1. The summed E-state index contributed by atoms with van der Waals surface area (Å²) in [5, 5.41) is 0. The second-order valence-corrected chi connectivity index (χ2v) is 5.29. The molecule has 0 radical (unpaired) electrons. The predicted molar refractivity (Wildman–Crippen MR) is 73.4 cm³/mol. The lowest BCUT2D eigenvalue weighted by atomic mass is 9.76. The van der Waals surface area contributed by atoms with Crippen LogP contribution in [0.4, 0.5) is 5.95 Å². The highest BCUT2D eigenvalue weighted by atomic mass is 15.0. The molecule has 2 aromatic rings. The molecule has 0 aromatic carbocycles. The van der Waals surface area contributed by atoms with Crippen LogP contribution in [0.2, 0.25) is 0 Å². The summed E-state index contributed by atoms with van der Waals surface area (Å²) in [6.45, 7) is 1.02. The van der Waals surface area contributed by atoms with Crippen molar-refractivity contribution in [2.75, 3.05) is 5.73 Å². The standard InChI is InChI=1S/C14H19N5/c15-14-17-7-12(8-18-14)13-4-2-1-3-11(13)9-19-6-5-16-10-19/h5-8,10-11,13H,1-4,9H2,(H2,15,17,18). The van der Waals surface area contributed by atoms with Crippen LogP contribution in [-0.2, 0) is 6.54 Å². The van der Waals surface area contributed by atoms with Crippen LogP contribution in [0.15, 0.2) is 31.1 Å². The maximum atomic E-state index is 5.57. The number of rotatable bonds is 3. The van der Waals surface area contributed by atoms with Crippen molar-refractivity contribution in [2.24, 2.45) is 5.92 Å². The minimum absolute atomic E-state index is 0.353. The van der Waals surface area contributed by atoms with Crippen molar-refractivity contribution in [3.8, 4) is 0 Å². The molecule has 1 fully saturated rings. The molecule has 3 rings (SSSR count). The molecule has 1 saturated carbocycles. The Morgan fingerprint density at radius 2 is 2.00 bits per heavy atom. The van der Waals surface area contributed by atoms with Crippen LogP contribution < -0.4 is 5.73 Å². The van der Waals surface area contributed by atoms with Gasteiger partial charge in [0.05, 0.1) is 6.33 Å². The molecule has 2 atom stereocenters. The van der Waals surface area contributed by atoms with Crippen LogP contribution >= 0.6 is 0 Å². The number of nitrogens with zero attached hydrogens (tertiary/aromatic N) is 4. The molecule has 1 aliphatic carbocycles. The molecule has 0 amide bonds. The van der Waals surface area contributed by atoms with Crippen LogP contribution in [0, 0.1) is 5.92 Å². The fourth-order valence-corrected chi connectivity index (χ4v) is 3.07. The average Bonchev–Trinajstić information content (AvgIpc) is 2.93. The van der Waals surface area contributed by atoms with Gasteiger partial charge < -0.3 is 10.3 Å². The molecule has 19 heavy (non-hydrogen) atoms. The second kappa shape index (κ2) is 5.38. The van der Waals surface area contributed by atoms with Gasteiger partial charge in [-0.05, 0) is 30.2 Å². The summed E-state index contributed by atoms with van der Waals surface area (Å²) >= 11 is 0. The molecule has 0 bridgehead atoms. The van der Waals surface area contributed by atoms with Gasteiger partial charge in [-0.1, -0.05) is 12.8 Å². The van der Waals surface area contributed by atoms with E-state index in [1.165, 1.54) is 31.2 Å². The van der Waals surface area contributed by atoms with Gasteiger partial charge in [0.1, 0.15) is 0 Å². The van der Waals surface area contributed by atoms with E-state index in [1.807, 2.05) is 31.1 Å². The third-order valence-electron chi connectivity index (χ3n) is 4.03. The van der Waals surface area contributed by atoms with E-state index in [2.05, 4.69) is 19.5 Å². The second-order valence-electron chi connectivity index (χ2n) is 5.29. The largest absolute Gasteiger partial charge is 0.368 e. The van der Waals surface area contributed by atoms with E-state index >= 15 is 0 Å². The quantitative estimate of drug-likeness (QED) is 0.915. The van der Waals surface area contributed by atoms with Gasteiger partial charge in [0, 0.05) is 31.3 Å². The van der Waals surface area contributed by atoms with E-state index in [-0.39, 0.29) is 0 Å². The van der Waals surface area contributed by atoms with Crippen molar-refractivity contribution >= 4 is 5.95 Å². The SMILES string of the molecule is Nc1ncc(C2CCCCC2Cn2ccnc2)cn1. The zero-order valence-electron chi connectivity index (χ0n) is 10.9. The van der Waals surface area contributed by atoms with Gasteiger partial charge in [-0.3, -0.25) is 0 Å². The number of anilines is 1. The van der Waals surface area contributed by atoms with E-state index in [9.17, 15) is 0 Å². The highest BCUT2D eigenvalue weighted by Gasteiger charge is 2.27. The molecule has 2 aromatic heterocycles. The van der Waals surface area contributed by atoms with Crippen molar-refractivity contribution in [2.45, 2.75) is 38.1 Å². The summed E-state index contributed by atoms with van der Waals surface area (Å²) in [5.41, 5.74) is 6.79. The fourth-order valence-electron chi connectivity index (χ4n) is 3.07. The number of nitrogen functional groups attached to an aromatic ring is 1. The maximum absolute atomic E-state index is 5.57. The van der Waals surface area contributed by atoms with Gasteiger partial charge in [-0.2, -0.15) is 0 Å². The zero-order valence-corrected chi connectivity index (χ0v) is 10.9. The summed E-state index contributed by atoms with van der Waals surface area (Å²) < 4.78 is 2.17. The Morgan fingerprint density at radius 1 is 1.21 bits per heavy atom. The Morgan fingerprint density at radius 3 is 2.74 bits per heavy atom. The highest BCUT2D eigenvalue weighted by Crippen LogP contribution is 2.38. The molecule has 2 heterocycles. The molecular formula is C14H19N5. The Hall–Kier alpha value is -1.91. The van der Waals surface area contributed by atoms with Crippen molar-refractivity contribution in [3.63, 3.8) is 0 Å². The molecule has 1 aliphatic rings. The molecule has 100 valence electrons. The lowest BCUT2D eigenvalue weighted by molar-refractivity contribution is 0.273. The summed E-state index contributed by atoms with van der Waals surface area (Å²) in [5.74, 6) is 1.53. The first-order chi connectivity index (χ1) is 9.33. The average molecular weight is 257 g/mol. The molecule has 5 nitrogen and oxygen atoms in total. The molecular weight excluding hydrogens is 238 g/mol. The number of aromatic nitrogens is 4. The minimum atomic E-state index is 0.353. The molecule has 0 spiro atoms. The molecule has 2 N–H and O–H groups in total. The van der Waals surface area contributed by atoms with E-state index in [0.29, 0.717) is 17.8 Å². The van der Waals surface area contributed by atoms with Crippen LogP contribution in [0.25, 0.3) is 0 Å². The van der Waals surface area contributed by atoms with Gasteiger partial charge in [0.25, 0.3) is 0 Å². The maximum Gasteiger partial charge on any atom is 0.219 e. The molecule has 5 heteroatoms. The molecule has 0 aliphatic heterocycles. The van der Waals surface area contributed by atoms with Crippen molar-refractivity contribution < 1.29 is 0 Å². The summed E-state index contributed by atoms with van der Waals surface area (Å²) in [6.07, 6.45) is 14.6. The van der Waals surface area contributed by atoms with Crippen LogP contribution in [0.1, 0.15) is 37.2 Å². The van der Waals surface area contributed by atoms with Crippen molar-refractivity contribution in [3.05, 3.63) is 36.7 Å². The van der Waals surface area contributed by atoms with Gasteiger partial charge >= 0.3 is 0 Å². The monoisotopic (exact) mass is 257 g/mol. The lowest BCUT2D eigenvalue weighted by Gasteiger charge is -2.31. The Bertz CT molecular complexity index is 505. The van der Waals surface area contributed by atoms with Gasteiger partial charge in [-0.15, -0.1) is 0 Å². The molecule has 0 saturated heterocycles. The highest BCUT2D eigenvalue weighted by molar-refractivity contribution is 5.21. The smallest absolute Gasteiger partial charge is 0.219 e. The number of hydrogen-bond acceptors (Lipinski definition) is 4. The third-order valence-corrected chi connectivity index (χ3v) is 4.03. The normalized spacial score (nSPS) is 23.4. The summed E-state index contributed by atoms with van der Waals surface area (Å²) in [4.78, 5) is 12.4. The van der Waals surface area contributed by atoms with E-state index < -0.39 is 0 Å². The Kier molecular flexibility index (Phi) is 3.44. The predicted octanol–water partition coefficient (Wildman–Crippen LogP) is 2.23. The van der Waals surface area contributed by atoms with Gasteiger partial charge in [-0.25, -0.2) is 15.0 Å². The zero-order chi connectivity index (χ0) is 13.1. The summed E-state index contributed by atoms with van der Waals surface area (Å²) in [7, 11) is 0. The molecule has 2 unspecified atom stereocenters. The van der Waals surface area contributed by atoms with E-state index in [0.717, 1.165) is 6.54 Å². The fraction of sp³-hybridized carbons (Fsp3) is 0.500. The Labute approximate surface area is 112 Å². The third kappa shape index (κ3) is 2.75. The van der Waals surface area contributed by atoms with Crippen LogP contribution in [-0.4, -0.2) is 19.5 Å². The van der Waals surface area contributed by atoms with E-state index in [4.69, 9.17) is 5.73 Å². The first-order valence-electron chi connectivity index (χ1n) is 6.86. The van der Waals surface area contributed by atoms with Crippen molar-refractivity contribution in [1.29, 1.82) is 0 Å². The number of nitrogens with two attached hydrogens (primary N) is 1. The topological polar surface area (TPSA) is 69.6 Å². The van der Waals surface area contributed by atoms with Crippen LogP contribution in [0.3, 0.4) is 0 Å². The Balaban J connectivity index is 1.78. The lowest BCUT2D eigenvalue weighted by Crippen LogP contribution is -2.22. The van der Waals surface area contributed by atoms with Gasteiger partial charge in [0.15, 0.2) is 0 Å². The van der Waals surface area contributed by atoms with Gasteiger partial charge in [0.2, 0.25) is 5.95 Å². The first kappa shape index (κ1) is 12.1. The van der Waals surface area contributed by atoms with Crippen molar-refractivity contribution in [1.82, 2.24) is 19.5 Å². The van der Waals surface area contributed by atoms with E-state index in [1.54, 1.807) is 0 Å². The number of imidazole rings is 1. The first-order valence-corrected chi connectivity index (χ1v) is 6.86. The summed E-state index contributed by atoms with van der Waals surface area (Å²) in [6, 6.07) is 0. The minimum Gasteiger partial charge on any atom is -0.368 e. The van der Waals surface area contributed by atoms with Crippen LogP contribution in [0.5, 0.6) is 0 Å².